The third-order valence-electron chi connectivity index (χ3n) is 6.39. The maximum absolute atomic E-state index is 13.1. The Morgan fingerprint density at radius 3 is 1.26 bits per heavy atom. The average Bonchev–Trinajstić information content (AvgIpc) is 3.35. The summed E-state index contributed by atoms with van der Waals surface area (Å²) in [6.07, 6.45) is -5.33. The predicted octanol–water partition coefficient (Wildman–Crippen LogP) is 4.88. The van der Waals surface area contributed by atoms with Gasteiger partial charge in [0.2, 0.25) is 12.4 Å². The van der Waals surface area contributed by atoms with E-state index in [1.165, 1.54) is 0 Å². The van der Waals surface area contributed by atoms with E-state index in [0.29, 0.717) is 5.56 Å². The minimum atomic E-state index is -1.49. The molecule has 0 unspecified atom stereocenters. The monoisotopic (exact) mass is 566 g/mol. The second-order valence-corrected chi connectivity index (χ2v) is 9.25. The summed E-state index contributed by atoms with van der Waals surface area (Å²) in [6.45, 7) is -0.390. The Balaban J connectivity index is 1.43. The van der Waals surface area contributed by atoms with Gasteiger partial charge < -0.3 is 23.7 Å². The van der Waals surface area contributed by atoms with Gasteiger partial charge in [0.05, 0.1) is 22.3 Å². The van der Waals surface area contributed by atoms with Crippen molar-refractivity contribution in [3.05, 3.63) is 144 Å². The first kappa shape index (κ1) is 28.3. The van der Waals surface area contributed by atoms with Crippen LogP contribution in [0.15, 0.2) is 121 Å². The molecule has 1 aliphatic heterocycles. The fourth-order valence-electron chi connectivity index (χ4n) is 4.28. The van der Waals surface area contributed by atoms with Crippen LogP contribution in [0.4, 0.5) is 0 Å². The zero-order chi connectivity index (χ0) is 29.3. The van der Waals surface area contributed by atoms with Crippen LogP contribution in [-0.2, 0) is 23.7 Å². The van der Waals surface area contributed by atoms with Gasteiger partial charge in [-0.2, -0.15) is 0 Å². The molecule has 0 amide bonds. The van der Waals surface area contributed by atoms with Gasteiger partial charge in [0.15, 0.2) is 6.10 Å². The lowest BCUT2D eigenvalue weighted by Crippen LogP contribution is -2.42. The van der Waals surface area contributed by atoms with Gasteiger partial charge in [-0.3, -0.25) is 0 Å². The van der Waals surface area contributed by atoms with E-state index >= 15 is 0 Å². The molecule has 212 valence electrons. The second-order valence-electron chi connectivity index (χ2n) is 9.25. The normalized spacial score (nSPS) is 19.3. The van der Waals surface area contributed by atoms with E-state index in [0.717, 1.165) is 0 Å². The topological polar surface area (TPSA) is 114 Å². The largest absolute Gasteiger partial charge is 0.459 e. The molecule has 0 aliphatic carbocycles. The quantitative estimate of drug-likeness (QED) is 0.207. The molecule has 1 saturated heterocycles. The Hall–Kier alpha value is -5.28. The number of rotatable bonds is 9. The van der Waals surface area contributed by atoms with Crippen LogP contribution in [0.2, 0.25) is 0 Å². The molecule has 0 saturated carbocycles. The molecule has 1 aliphatic rings. The van der Waals surface area contributed by atoms with E-state index in [4.69, 9.17) is 23.7 Å². The fraction of sp³-hybridized carbons (Fsp3) is 0.152. The van der Waals surface area contributed by atoms with Gasteiger partial charge in [0.1, 0.15) is 12.7 Å². The first-order valence-corrected chi connectivity index (χ1v) is 13.2. The van der Waals surface area contributed by atoms with Crippen molar-refractivity contribution < 1.29 is 42.9 Å². The maximum Gasteiger partial charge on any atom is 0.340 e. The average molecular weight is 567 g/mol. The van der Waals surface area contributed by atoms with E-state index in [1.807, 2.05) is 0 Å². The zero-order valence-corrected chi connectivity index (χ0v) is 22.2. The molecular formula is C33H26O9. The maximum atomic E-state index is 13.1. The summed E-state index contributed by atoms with van der Waals surface area (Å²) in [5, 5.41) is 0. The van der Waals surface area contributed by atoms with Gasteiger partial charge in [-0.15, -0.1) is 0 Å². The molecule has 0 aromatic heterocycles. The molecule has 9 heteroatoms. The van der Waals surface area contributed by atoms with E-state index in [9.17, 15) is 19.2 Å². The van der Waals surface area contributed by atoms with Crippen LogP contribution in [0.1, 0.15) is 41.4 Å². The predicted molar refractivity (Wildman–Crippen MR) is 149 cm³/mol. The zero-order valence-electron chi connectivity index (χ0n) is 22.2. The Labute approximate surface area is 241 Å². The van der Waals surface area contributed by atoms with Gasteiger partial charge in [-0.05, 0) is 48.5 Å². The molecule has 0 bridgehead atoms. The molecule has 1 fully saturated rings. The Kier molecular flexibility index (Phi) is 9.00. The van der Waals surface area contributed by atoms with Crippen LogP contribution in [0, 0.1) is 0 Å². The van der Waals surface area contributed by atoms with Gasteiger partial charge in [0.25, 0.3) is 0 Å². The van der Waals surface area contributed by atoms with E-state index < -0.39 is 48.5 Å². The number of carbonyl (C=O) groups excluding carboxylic acids is 4. The van der Waals surface area contributed by atoms with Crippen LogP contribution in [0.3, 0.4) is 0 Å². The van der Waals surface area contributed by atoms with Gasteiger partial charge >= 0.3 is 23.9 Å². The van der Waals surface area contributed by atoms with Crippen molar-refractivity contribution in [2.24, 2.45) is 0 Å². The highest BCUT2D eigenvalue weighted by atomic mass is 16.8. The van der Waals surface area contributed by atoms with Crippen LogP contribution >= 0.6 is 0 Å². The molecule has 0 N–H and O–H groups in total. The highest BCUT2D eigenvalue weighted by molar-refractivity contribution is 5.91. The Morgan fingerprint density at radius 2 is 0.833 bits per heavy atom. The first-order chi connectivity index (χ1) is 20.5. The van der Waals surface area contributed by atoms with Crippen molar-refractivity contribution in [3.8, 4) is 0 Å². The summed E-state index contributed by atoms with van der Waals surface area (Å²) in [5.41, 5.74) is 0.978. The third kappa shape index (κ3) is 6.89. The third-order valence-corrected chi connectivity index (χ3v) is 6.39. The van der Waals surface area contributed by atoms with Crippen LogP contribution in [-0.4, -0.2) is 55.1 Å². The lowest BCUT2D eigenvalue weighted by Gasteiger charge is -2.24. The lowest BCUT2D eigenvalue weighted by molar-refractivity contribution is -0.141. The summed E-state index contributed by atoms with van der Waals surface area (Å²) in [4.78, 5) is 51.9. The standard InChI is InChI=1S/C33H26O9/c34-29(22-13-5-1-6-14-22)38-21-26-27(40-30(35)23-15-7-2-8-16-23)28(41-31(36)24-17-9-3-10-18-24)33(39-26)42-32(37)25-19-11-4-12-20-25/h1-20,26-28,33H,21H2/t26-,27+,28-,33-/m1/s1. The van der Waals surface area contributed by atoms with Crippen LogP contribution in [0.25, 0.3) is 0 Å². The van der Waals surface area contributed by atoms with Crippen molar-refractivity contribution >= 4 is 23.9 Å². The Morgan fingerprint density at radius 1 is 0.476 bits per heavy atom. The molecule has 4 aromatic rings. The van der Waals surface area contributed by atoms with Crippen molar-refractivity contribution in [2.75, 3.05) is 6.61 Å². The number of esters is 4. The SMILES string of the molecule is O=C(OC[C@H]1O[C@H](OC(=O)c2ccccc2)[C@H](OC(=O)c2ccccc2)[C@H]1OC(=O)c1ccccc1)c1ccccc1. The minimum absolute atomic E-state index is 0.220. The molecule has 4 aromatic carbocycles. The number of benzene rings is 4. The van der Waals surface area contributed by atoms with E-state index in [2.05, 4.69) is 0 Å². The summed E-state index contributed by atoms with van der Waals surface area (Å²) in [6, 6.07) is 32.8. The van der Waals surface area contributed by atoms with Gasteiger partial charge in [0, 0.05) is 0 Å². The molecule has 1 heterocycles. The second kappa shape index (κ2) is 13.4. The van der Waals surface area contributed by atoms with Crippen LogP contribution in [0.5, 0.6) is 0 Å². The Bertz CT molecular complexity index is 1510. The van der Waals surface area contributed by atoms with E-state index in [-0.39, 0.29) is 23.3 Å². The molecular weight excluding hydrogens is 540 g/mol. The summed E-state index contributed by atoms with van der Waals surface area (Å²) < 4.78 is 28.6. The van der Waals surface area contributed by atoms with Crippen molar-refractivity contribution in [2.45, 2.75) is 24.6 Å². The highest BCUT2D eigenvalue weighted by Crippen LogP contribution is 2.30. The lowest BCUT2D eigenvalue weighted by atomic mass is 10.1. The number of hydrogen-bond acceptors (Lipinski definition) is 9. The van der Waals surface area contributed by atoms with E-state index in [1.54, 1.807) is 121 Å². The highest BCUT2D eigenvalue weighted by Gasteiger charge is 2.52. The molecule has 0 radical (unpaired) electrons. The van der Waals surface area contributed by atoms with Crippen molar-refractivity contribution in [1.29, 1.82) is 0 Å². The molecule has 42 heavy (non-hydrogen) atoms. The molecule has 5 rings (SSSR count). The minimum Gasteiger partial charge on any atom is -0.459 e. The number of hydrogen-bond donors (Lipinski definition) is 0. The summed E-state index contributed by atoms with van der Waals surface area (Å²) >= 11 is 0. The number of carbonyl (C=O) groups is 4. The molecule has 0 spiro atoms. The number of ether oxygens (including phenoxy) is 5. The molecule has 4 atom stereocenters. The smallest absolute Gasteiger partial charge is 0.340 e. The fourth-order valence-corrected chi connectivity index (χ4v) is 4.28. The van der Waals surface area contributed by atoms with Crippen molar-refractivity contribution in [1.82, 2.24) is 0 Å². The van der Waals surface area contributed by atoms with Crippen molar-refractivity contribution in [3.63, 3.8) is 0 Å². The first-order valence-electron chi connectivity index (χ1n) is 13.2. The summed E-state index contributed by atoms with van der Waals surface area (Å²) in [7, 11) is 0. The summed E-state index contributed by atoms with van der Waals surface area (Å²) in [5.74, 6) is -2.89. The van der Waals surface area contributed by atoms with Gasteiger partial charge in [-0.25, -0.2) is 19.2 Å². The van der Waals surface area contributed by atoms with Gasteiger partial charge in [-0.1, -0.05) is 72.8 Å². The molecule has 9 nitrogen and oxygen atoms in total. The van der Waals surface area contributed by atoms with Crippen LogP contribution < -0.4 is 0 Å².